The average molecular weight is 404 g/mol. The summed E-state index contributed by atoms with van der Waals surface area (Å²) < 4.78 is 4.11. The Balaban J connectivity index is 1.82. The molecule has 3 aromatic rings. The minimum Gasteiger partial charge on any atom is -0.240 e. The second kappa shape index (κ2) is 7.29. The summed E-state index contributed by atoms with van der Waals surface area (Å²) in [5.74, 6) is 0. The number of hydrogen-bond donors (Lipinski definition) is 0. The van der Waals surface area contributed by atoms with E-state index in [2.05, 4.69) is 18.4 Å². The molecule has 1 fully saturated rings. The Labute approximate surface area is 166 Å². The zero-order valence-electron chi connectivity index (χ0n) is 14.6. The minimum absolute atomic E-state index is 0.0826. The van der Waals surface area contributed by atoms with Gasteiger partial charge in [-0.15, -0.1) is 23.5 Å². The molecule has 0 bridgehead atoms. The number of thioether (sulfide) groups is 2. The third-order valence-electron chi connectivity index (χ3n) is 4.75. The standard InChI is InChI=1S/C20H20ClN2OS2/c1-13-14(2)26-20(25-13)17-12-22(11-15-6-8-16(21)9-7-15)18-5-3-4-10-23(18)19(17)24/h3-10,12-14,20H,11H2,1-2H3/q+1. The summed E-state index contributed by atoms with van der Waals surface area (Å²) in [6, 6.07) is 13.7. The number of pyridine rings is 1. The van der Waals surface area contributed by atoms with Gasteiger partial charge >= 0.3 is 5.56 Å². The summed E-state index contributed by atoms with van der Waals surface area (Å²) in [4.78, 5) is 13.1. The number of benzene rings is 1. The van der Waals surface area contributed by atoms with E-state index >= 15 is 0 Å². The van der Waals surface area contributed by atoms with Crippen molar-refractivity contribution in [1.29, 1.82) is 0 Å². The Hall–Kier alpha value is -1.43. The van der Waals surface area contributed by atoms with Crippen molar-refractivity contribution in [3.8, 4) is 0 Å². The fourth-order valence-corrected chi connectivity index (χ4v) is 6.79. The number of nitrogens with zero attached hydrogens (tertiary/aromatic N) is 2. The second-order valence-electron chi connectivity index (χ2n) is 6.59. The first-order valence-corrected chi connectivity index (χ1v) is 10.9. The van der Waals surface area contributed by atoms with Crippen LogP contribution < -0.4 is 10.1 Å². The van der Waals surface area contributed by atoms with Crippen molar-refractivity contribution in [2.24, 2.45) is 0 Å². The van der Waals surface area contributed by atoms with Crippen molar-refractivity contribution >= 4 is 40.8 Å². The molecule has 0 radical (unpaired) electrons. The third kappa shape index (κ3) is 3.40. The molecule has 1 aromatic carbocycles. The number of hydrogen-bond acceptors (Lipinski definition) is 3. The van der Waals surface area contributed by atoms with Gasteiger partial charge in [0.1, 0.15) is 18.3 Å². The monoisotopic (exact) mass is 403 g/mol. The van der Waals surface area contributed by atoms with Gasteiger partial charge in [-0.05, 0) is 23.8 Å². The molecular weight excluding hydrogens is 384 g/mol. The van der Waals surface area contributed by atoms with E-state index in [-0.39, 0.29) is 10.1 Å². The molecule has 0 spiro atoms. The molecule has 3 heterocycles. The van der Waals surface area contributed by atoms with Gasteiger partial charge < -0.3 is 0 Å². The lowest BCUT2D eigenvalue weighted by atomic mass is 10.2. The van der Waals surface area contributed by atoms with Crippen molar-refractivity contribution in [3.63, 3.8) is 0 Å². The molecule has 1 aliphatic rings. The summed E-state index contributed by atoms with van der Waals surface area (Å²) in [5, 5.41) is 1.83. The zero-order chi connectivity index (χ0) is 18.3. The highest BCUT2D eigenvalue weighted by molar-refractivity contribution is 8.20. The van der Waals surface area contributed by atoms with E-state index in [0.717, 1.165) is 21.8 Å². The van der Waals surface area contributed by atoms with Crippen LogP contribution in [0, 0.1) is 0 Å². The van der Waals surface area contributed by atoms with Crippen molar-refractivity contribution in [1.82, 2.24) is 4.40 Å². The van der Waals surface area contributed by atoms with Gasteiger partial charge in [-0.25, -0.2) is 9.36 Å². The van der Waals surface area contributed by atoms with Gasteiger partial charge in [-0.1, -0.05) is 43.6 Å². The largest absolute Gasteiger partial charge is 0.347 e. The normalized spacial score (nSPS) is 22.8. The van der Waals surface area contributed by atoms with E-state index in [4.69, 9.17) is 11.6 Å². The van der Waals surface area contributed by atoms with Crippen LogP contribution in [0.2, 0.25) is 5.02 Å². The van der Waals surface area contributed by atoms with Crippen molar-refractivity contribution in [2.75, 3.05) is 0 Å². The van der Waals surface area contributed by atoms with Gasteiger partial charge in [-0.3, -0.25) is 0 Å². The molecule has 1 saturated heterocycles. The summed E-state index contributed by atoms with van der Waals surface area (Å²) in [6.07, 6.45) is 3.90. The number of halogens is 1. The van der Waals surface area contributed by atoms with Gasteiger partial charge in [0, 0.05) is 21.6 Å². The highest BCUT2D eigenvalue weighted by Crippen LogP contribution is 2.52. The van der Waals surface area contributed by atoms with E-state index in [1.165, 1.54) is 0 Å². The molecule has 26 heavy (non-hydrogen) atoms. The van der Waals surface area contributed by atoms with E-state index in [1.807, 2.05) is 78.4 Å². The Bertz CT molecular complexity index is 993. The third-order valence-corrected chi connectivity index (χ3v) is 8.52. The van der Waals surface area contributed by atoms with Crippen LogP contribution in [0.3, 0.4) is 0 Å². The smallest absolute Gasteiger partial charge is 0.240 e. The fourth-order valence-electron chi connectivity index (χ4n) is 3.13. The minimum atomic E-state index is 0.0826. The lowest BCUT2D eigenvalue weighted by molar-refractivity contribution is -0.666. The maximum absolute atomic E-state index is 13.1. The first kappa shape index (κ1) is 18.0. The van der Waals surface area contributed by atoms with Crippen LogP contribution in [0.5, 0.6) is 0 Å². The Kier molecular flexibility index (Phi) is 5.04. The summed E-state index contributed by atoms with van der Waals surface area (Å²) >= 11 is 9.78. The molecule has 4 rings (SSSR count). The summed E-state index contributed by atoms with van der Waals surface area (Å²) in [6.45, 7) is 5.18. The molecule has 2 unspecified atom stereocenters. The molecule has 2 aromatic heterocycles. The lowest BCUT2D eigenvalue weighted by Crippen LogP contribution is -2.41. The molecule has 3 nitrogen and oxygen atoms in total. The number of aromatic nitrogens is 2. The van der Waals surface area contributed by atoms with Gasteiger partial charge in [0.05, 0.1) is 10.8 Å². The van der Waals surface area contributed by atoms with Crippen LogP contribution in [0.4, 0.5) is 0 Å². The van der Waals surface area contributed by atoms with Crippen LogP contribution in [0.1, 0.15) is 29.6 Å². The van der Waals surface area contributed by atoms with Gasteiger partial charge in [0.15, 0.2) is 0 Å². The summed E-state index contributed by atoms with van der Waals surface area (Å²) in [5.41, 5.74) is 3.00. The molecule has 0 amide bonds. The maximum Gasteiger partial charge on any atom is 0.347 e. The van der Waals surface area contributed by atoms with E-state index < -0.39 is 0 Å². The predicted molar refractivity (Wildman–Crippen MR) is 111 cm³/mol. The Morgan fingerprint density at radius 3 is 2.46 bits per heavy atom. The quantitative estimate of drug-likeness (QED) is 0.600. The van der Waals surface area contributed by atoms with Crippen molar-refractivity contribution in [3.05, 3.63) is 81.4 Å². The molecule has 0 N–H and O–H groups in total. The van der Waals surface area contributed by atoms with Crippen LogP contribution >= 0.6 is 35.1 Å². The second-order valence-corrected chi connectivity index (χ2v) is 10.3. The molecular formula is C20H20ClN2OS2+. The van der Waals surface area contributed by atoms with E-state index in [9.17, 15) is 4.79 Å². The SMILES string of the molecule is CC1SC(c2c[n+](Cc3ccc(Cl)cc3)c3ccccn3c2=O)SC1C. The van der Waals surface area contributed by atoms with Crippen LogP contribution in [-0.2, 0) is 6.54 Å². The topological polar surface area (TPSA) is 25.4 Å². The highest BCUT2D eigenvalue weighted by Gasteiger charge is 2.34. The molecule has 6 heteroatoms. The maximum atomic E-state index is 13.1. The van der Waals surface area contributed by atoms with Crippen LogP contribution in [0.25, 0.3) is 5.65 Å². The Morgan fingerprint density at radius 2 is 1.77 bits per heavy atom. The first-order chi connectivity index (χ1) is 12.5. The highest BCUT2D eigenvalue weighted by atomic mass is 35.5. The summed E-state index contributed by atoms with van der Waals surface area (Å²) in [7, 11) is 0. The van der Waals surface area contributed by atoms with E-state index in [0.29, 0.717) is 17.0 Å². The van der Waals surface area contributed by atoms with Crippen LogP contribution in [-0.4, -0.2) is 14.9 Å². The van der Waals surface area contributed by atoms with Gasteiger partial charge in [0.25, 0.3) is 5.65 Å². The zero-order valence-corrected chi connectivity index (χ0v) is 17.0. The molecule has 2 atom stereocenters. The van der Waals surface area contributed by atoms with Crippen molar-refractivity contribution in [2.45, 2.75) is 35.5 Å². The number of fused-ring (bicyclic) bond motifs is 1. The van der Waals surface area contributed by atoms with Gasteiger partial charge in [0.2, 0.25) is 0 Å². The lowest BCUT2D eigenvalue weighted by Gasteiger charge is -2.10. The van der Waals surface area contributed by atoms with Gasteiger partial charge in [-0.2, -0.15) is 4.40 Å². The molecule has 0 saturated carbocycles. The molecule has 0 aliphatic carbocycles. The Morgan fingerprint density at radius 1 is 1.08 bits per heavy atom. The van der Waals surface area contributed by atoms with Crippen molar-refractivity contribution < 1.29 is 4.57 Å². The first-order valence-electron chi connectivity index (χ1n) is 8.62. The molecule has 134 valence electrons. The van der Waals surface area contributed by atoms with E-state index in [1.54, 1.807) is 4.40 Å². The molecule has 1 aliphatic heterocycles. The average Bonchev–Trinajstić information content (AvgIpc) is 2.98. The number of rotatable bonds is 3. The fraction of sp³-hybridized carbons (Fsp3) is 0.300. The predicted octanol–water partition coefficient (Wildman–Crippen LogP) is 4.54. The van der Waals surface area contributed by atoms with Crippen LogP contribution in [0.15, 0.2) is 59.7 Å².